The minimum absolute atomic E-state index is 0.000108. The Balaban J connectivity index is 1.57. The van der Waals surface area contributed by atoms with Crippen molar-refractivity contribution >= 4 is 11.8 Å². The van der Waals surface area contributed by atoms with Crippen LogP contribution in [-0.4, -0.2) is 76.0 Å². The number of carbonyl (C=O) groups excluding carboxylic acids is 2. The predicted molar refractivity (Wildman–Crippen MR) is 130 cm³/mol. The number of hydrogen-bond donors (Lipinski definition) is 2. The van der Waals surface area contributed by atoms with Crippen LogP contribution in [0.1, 0.15) is 22.6 Å². The fourth-order valence-corrected chi connectivity index (χ4v) is 4.33. The molecular weight excluding hydrogens is 416 g/mol. The van der Waals surface area contributed by atoms with E-state index in [4.69, 9.17) is 4.74 Å². The molecule has 0 bridgehead atoms. The van der Waals surface area contributed by atoms with Crippen LogP contribution in [-0.2, 0) is 22.6 Å². The van der Waals surface area contributed by atoms with Crippen LogP contribution in [0.25, 0.3) is 0 Å². The van der Waals surface area contributed by atoms with Gasteiger partial charge in [-0.3, -0.25) is 9.59 Å². The van der Waals surface area contributed by atoms with E-state index in [1.807, 2.05) is 55.4 Å². The zero-order valence-corrected chi connectivity index (χ0v) is 20.1. The first-order valence-corrected chi connectivity index (χ1v) is 11.4. The summed E-state index contributed by atoms with van der Waals surface area (Å²) in [7, 11) is 7.46. The van der Waals surface area contributed by atoms with Gasteiger partial charge < -0.3 is 25.2 Å². The Labute approximate surface area is 197 Å². The molecule has 2 atom stereocenters. The second-order valence-corrected chi connectivity index (χ2v) is 9.08. The standard InChI is InChI=1S/C26H36N4O3/c1-29(2)18-25(31)28-15-20-6-5-7-21(14-20)23-16-30(3)17-24(23)26(32)27-13-12-19-8-10-22(33-4)11-9-19/h5-11,14,23-24H,12-13,15-18H2,1-4H3,(H,27,32)(H,28,31). The van der Waals surface area contributed by atoms with Gasteiger partial charge in [0.1, 0.15) is 5.75 Å². The molecule has 33 heavy (non-hydrogen) atoms. The van der Waals surface area contributed by atoms with Gasteiger partial charge in [0.15, 0.2) is 0 Å². The van der Waals surface area contributed by atoms with Crippen LogP contribution in [0.15, 0.2) is 48.5 Å². The van der Waals surface area contributed by atoms with Gasteiger partial charge in [-0.15, -0.1) is 0 Å². The van der Waals surface area contributed by atoms with Crippen LogP contribution in [0, 0.1) is 5.92 Å². The van der Waals surface area contributed by atoms with E-state index in [1.165, 1.54) is 5.56 Å². The van der Waals surface area contributed by atoms with Crippen molar-refractivity contribution in [2.75, 3.05) is 54.4 Å². The van der Waals surface area contributed by atoms with E-state index in [2.05, 4.69) is 34.7 Å². The van der Waals surface area contributed by atoms with Gasteiger partial charge in [-0.2, -0.15) is 0 Å². The highest BCUT2D eigenvalue weighted by Gasteiger charge is 2.36. The van der Waals surface area contributed by atoms with Crippen molar-refractivity contribution in [3.63, 3.8) is 0 Å². The Morgan fingerprint density at radius 3 is 2.52 bits per heavy atom. The van der Waals surface area contributed by atoms with Crippen LogP contribution in [0.5, 0.6) is 5.75 Å². The molecule has 1 aliphatic heterocycles. The molecule has 1 saturated heterocycles. The van der Waals surface area contributed by atoms with Crippen LogP contribution < -0.4 is 15.4 Å². The molecule has 2 unspecified atom stereocenters. The second kappa shape index (κ2) is 11.8. The van der Waals surface area contributed by atoms with E-state index in [9.17, 15) is 9.59 Å². The Morgan fingerprint density at radius 2 is 1.82 bits per heavy atom. The van der Waals surface area contributed by atoms with Crippen LogP contribution in [0.3, 0.4) is 0 Å². The first-order valence-electron chi connectivity index (χ1n) is 11.4. The van der Waals surface area contributed by atoms with E-state index < -0.39 is 0 Å². The molecule has 0 saturated carbocycles. The summed E-state index contributed by atoms with van der Waals surface area (Å²) in [6.45, 7) is 3.04. The highest BCUT2D eigenvalue weighted by atomic mass is 16.5. The van der Waals surface area contributed by atoms with Crippen LogP contribution in [0.2, 0.25) is 0 Å². The van der Waals surface area contributed by atoms with Gasteiger partial charge in [0.2, 0.25) is 11.8 Å². The molecule has 2 amide bonds. The molecule has 2 N–H and O–H groups in total. The summed E-state index contributed by atoms with van der Waals surface area (Å²) in [6, 6.07) is 16.2. The van der Waals surface area contributed by atoms with Gasteiger partial charge in [-0.05, 0) is 56.4 Å². The van der Waals surface area contributed by atoms with E-state index in [0.717, 1.165) is 36.4 Å². The molecule has 1 fully saturated rings. The Hall–Kier alpha value is -2.90. The summed E-state index contributed by atoms with van der Waals surface area (Å²) in [5.41, 5.74) is 3.36. The molecule has 178 valence electrons. The Morgan fingerprint density at radius 1 is 1.06 bits per heavy atom. The molecule has 7 heteroatoms. The lowest BCUT2D eigenvalue weighted by atomic mass is 9.87. The van der Waals surface area contributed by atoms with Gasteiger partial charge in [-0.25, -0.2) is 0 Å². The molecule has 2 aromatic rings. The summed E-state index contributed by atoms with van der Waals surface area (Å²) in [5.74, 6) is 0.972. The first kappa shape index (κ1) is 24.7. The quantitative estimate of drug-likeness (QED) is 0.576. The number of amides is 2. The fraction of sp³-hybridized carbons (Fsp3) is 0.462. The largest absolute Gasteiger partial charge is 0.497 e. The summed E-state index contributed by atoms with van der Waals surface area (Å²) in [5, 5.41) is 6.10. The van der Waals surface area contributed by atoms with Crippen molar-refractivity contribution in [2.24, 2.45) is 5.92 Å². The fourth-order valence-electron chi connectivity index (χ4n) is 4.33. The number of ether oxygens (including phenoxy) is 1. The second-order valence-electron chi connectivity index (χ2n) is 9.08. The van der Waals surface area contributed by atoms with Crippen molar-refractivity contribution in [1.29, 1.82) is 0 Å². The SMILES string of the molecule is COc1ccc(CCNC(=O)C2CN(C)CC2c2cccc(CNC(=O)CN(C)C)c2)cc1. The molecule has 1 aliphatic rings. The number of likely N-dealkylation sites (tertiary alicyclic amines) is 1. The van der Waals surface area contributed by atoms with Crippen molar-refractivity contribution in [1.82, 2.24) is 20.4 Å². The van der Waals surface area contributed by atoms with Gasteiger partial charge in [0, 0.05) is 32.1 Å². The monoisotopic (exact) mass is 452 g/mol. The summed E-state index contributed by atoms with van der Waals surface area (Å²) < 4.78 is 5.20. The lowest BCUT2D eigenvalue weighted by Gasteiger charge is -2.19. The van der Waals surface area contributed by atoms with E-state index in [-0.39, 0.29) is 23.7 Å². The van der Waals surface area contributed by atoms with E-state index in [1.54, 1.807) is 7.11 Å². The molecule has 0 aliphatic carbocycles. The minimum Gasteiger partial charge on any atom is -0.497 e. The molecular formula is C26H36N4O3. The number of nitrogens with one attached hydrogen (secondary N) is 2. The summed E-state index contributed by atoms with van der Waals surface area (Å²) >= 11 is 0. The normalized spacial score (nSPS) is 18.3. The summed E-state index contributed by atoms with van der Waals surface area (Å²) in [4.78, 5) is 29.1. The third-order valence-electron chi connectivity index (χ3n) is 6.04. The topological polar surface area (TPSA) is 73.9 Å². The van der Waals surface area contributed by atoms with Crippen LogP contribution >= 0.6 is 0 Å². The van der Waals surface area contributed by atoms with Gasteiger partial charge in [0.25, 0.3) is 0 Å². The average molecular weight is 453 g/mol. The van der Waals surface area contributed by atoms with Crippen molar-refractivity contribution in [2.45, 2.75) is 18.9 Å². The maximum Gasteiger partial charge on any atom is 0.234 e. The Kier molecular flexibility index (Phi) is 8.86. The molecule has 3 rings (SSSR count). The predicted octanol–water partition coefficient (Wildman–Crippen LogP) is 1.88. The van der Waals surface area contributed by atoms with Crippen molar-refractivity contribution < 1.29 is 14.3 Å². The summed E-state index contributed by atoms with van der Waals surface area (Å²) in [6.07, 6.45) is 0.783. The molecule has 0 spiro atoms. The minimum atomic E-state index is -0.0931. The number of hydrogen-bond acceptors (Lipinski definition) is 5. The van der Waals surface area contributed by atoms with Crippen molar-refractivity contribution in [3.05, 3.63) is 65.2 Å². The van der Waals surface area contributed by atoms with Gasteiger partial charge in [0.05, 0.1) is 19.6 Å². The molecule has 7 nitrogen and oxygen atoms in total. The van der Waals surface area contributed by atoms with Gasteiger partial charge in [-0.1, -0.05) is 36.4 Å². The van der Waals surface area contributed by atoms with E-state index >= 15 is 0 Å². The number of rotatable bonds is 10. The van der Waals surface area contributed by atoms with Crippen LogP contribution in [0.4, 0.5) is 0 Å². The highest BCUT2D eigenvalue weighted by Crippen LogP contribution is 2.32. The van der Waals surface area contributed by atoms with Crippen molar-refractivity contribution in [3.8, 4) is 5.75 Å². The number of methoxy groups -OCH3 is 1. The highest BCUT2D eigenvalue weighted by molar-refractivity contribution is 5.80. The molecule has 0 aromatic heterocycles. The molecule has 2 aromatic carbocycles. The first-order chi connectivity index (χ1) is 15.9. The molecule has 1 heterocycles. The number of nitrogens with zero attached hydrogens (tertiary/aromatic N) is 2. The lowest BCUT2D eigenvalue weighted by molar-refractivity contribution is -0.125. The molecule has 0 radical (unpaired) electrons. The third kappa shape index (κ3) is 7.30. The number of benzene rings is 2. The lowest BCUT2D eigenvalue weighted by Crippen LogP contribution is -2.35. The maximum atomic E-state index is 13.0. The number of likely N-dealkylation sites (N-methyl/N-ethyl adjacent to an activating group) is 2. The zero-order chi connectivity index (χ0) is 23.8. The third-order valence-corrected chi connectivity index (χ3v) is 6.04. The van der Waals surface area contributed by atoms with Gasteiger partial charge >= 0.3 is 0 Å². The zero-order valence-electron chi connectivity index (χ0n) is 20.1. The smallest absolute Gasteiger partial charge is 0.234 e. The number of carbonyl (C=O) groups is 2. The van der Waals surface area contributed by atoms with E-state index in [0.29, 0.717) is 19.6 Å². The maximum absolute atomic E-state index is 13.0. The average Bonchev–Trinajstić information content (AvgIpc) is 3.20. The Bertz CT molecular complexity index is 929.